The Morgan fingerprint density at radius 2 is 1.86 bits per heavy atom. The highest BCUT2D eigenvalue weighted by Gasteiger charge is 2.48. The summed E-state index contributed by atoms with van der Waals surface area (Å²) in [6.07, 6.45) is 3.73. The maximum Gasteiger partial charge on any atom is 0.260 e. The zero-order valence-corrected chi connectivity index (χ0v) is 23.1. The van der Waals surface area contributed by atoms with Gasteiger partial charge in [0.1, 0.15) is 33.5 Å². The highest BCUT2D eigenvalue weighted by molar-refractivity contribution is 7.91. The van der Waals surface area contributed by atoms with E-state index in [0.29, 0.717) is 27.4 Å². The second-order valence-corrected chi connectivity index (χ2v) is 13.2. The van der Waals surface area contributed by atoms with Crippen molar-refractivity contribution >= 4 is 46.1 Å². The van der Waals surface area contributed by atoms with E-state index in [0.717, 1.165) is 43.9 Å². The molecule has 2 aliphatic heterocycles. The molecule has 36 heavy (non-hydrogen) atoms. The summed E-state index contributed by atoms with van der Waals surface area (Å²) in [6.45, 7) is 9.91. The molecule has 4 heterocycles. The number of fused-ring (bicyclic) bond motifs is 1. The smallest absolute Gasteiger partial charge is 0.260 e. The fourth-order valence-electron chi connectivity index (χ4n) is 5.06. The van der Waals surface area contributed by atoms with E-state index in [1.54, 1.807) is 31.2 Å². The van der Waals surface area contributed by atoms with Gasteiger partial charge >= 0.3 is 0 Å². The summed E-state index contributed by atoms with van der Waals surface area (Å²) in [5, 5.41) is 0.709. The molecule has 2 aliphatic rings. The van der Waals surface area contributed by atoms with E-state index in [1.165, 1.54) is 4.57 Å². The molecule has 2 aromatic heterocycles. The first-order valence-electron chi connectivity index (χ1n) is 12.0. The molecule has 5 rings (SSSR count). The third-order valence-electron chi connectivity index (χ3n) is 7.04. The molecule has 0 saturated carbocycles. The summed E-state index contributed by atoms with van der Waals surface area (Å²) >= 11 is 11.2. The summed E-state index contributed by atoms with van der Waals surface area (Å²) in [4.78, 5) is 20.0. The molecule has 1 spiro atoms. The second-order valence-electron chi connectivity index (χ2n) is 10.5. The van der Waals surface area contributed by atoms with Crippen LogP contribution in [-0.2, 0) is 17.9 Å². The van der Waals surface area contributed by atoms with Gasteiger partial charge in [0.05, 0.1) is 21.4 Å². The number of benzene rings is 1. The minimum Gasteiger partial charge on any atom is -0.591 e. The van der Waals surface area contributed by atoms with Gasteiger partial charge in [-0.3, -0.25) is 9.36 Å². The largest absolute Gasteiger partial charge is 0.591 e. The van der Waals surface area contributed by atoms with Crippen molar-refractivity contribution in [1.82, 2.24) is 14.1 Å². The van der Waals surface area contributed by atoms with E-state index in [4.69, 9.17) is 32.6 Å². The maximum absolute atomic E-state index is 13.1. The normalized spacial score (nSPS) is 19.2. The van der Waals surface area contributed by atoms with Crippen LogP contribution in [0.25, 0.3) is 5.69 Å². The van der Waals surface area contributed by atoms with Crippen LogP contribution < -0.4 is 10.5 Å². The van der Waals surface area contributed by atoms with Crippen molar-refractivity contribution in [1.29, 1.82) is 0 Å². The SMILES string of the molecule is Cc1nc(N2CCC3(CC2)Cn2cccc2/C3=N\[S@+]([O-])C(C)(C)C)cc(=O)n1-c1cccc(Cl)c1Cl. The van der Waals surface area contributed by atoms with Crippen LogP contribution in [0.15, 0.2) is 51.8 Å². The number of rotatable bonds is 3. The van der Waals surface area contributed by atoms with Gasteiger partial charge in [-0.15, -0.1) is 0 Å². The Bertz CT molecular complexity index is 1400. The molecule has 1 fully saturated rings. The topological polar surface area (TPSA) is 78.5 Å². The number of anilines is 1. The lowest BCUT2D eigenvalue weighted by Gasteiger charge is -2.39. The number of halogens is 2. The first-order valence-corrected chi connectivity index (χ1v) is 13.8. The van der Waals surface area contributed by atoms with Gasteiger partial charge in [-0.25, -0.2) is 4.98 Å². The van der Waals surface area contributed by atoms with Gasteiger partial charge in [-0.1, -0.05) is 33.7 Å². The molecule has 0 unspecified atom stereocenters. The van der Waals surface area contributed by atoms with E-state index in [1.807, 2.05) is 26.8 Å². The van der Waals surface area contributed by atoms with Crippen LogP contribution in [0.3, 0.4) is 0 Å². The van der Waals surface area contributed by atoms with E-state index in [2.05, 4.69) is 21.7 Å². The molecule has 1 atom stereocenters. The van der Waals surface area contributed by atoms with Gasteiger partial charge in [0.25, 0.3) is 5.56 Å². The fraction of sp³-hybridized carbons (Fsp3) is 0.423. The van der Waals surface area contributed by atoms with Crippen molar-refractivity contribution in [3.8, 4) is 5.69 Å². The van der Waals surface area contributed by atoms with Gasteiger partial charge in [0.2, 0.25) is 0 Å². The first-order chi connectivity index (χ1) is 17.0. The number of hydrogen-bond acceptors (Lipinski definition) is 5. The molecule has 0 aliphatic carbocycles. The Morgan fingerprint density at radius 3 is 2.53 bits per heavy atom. The summed E-state index contributed by atoms with van der Waals surface area (Å²) < 4.78 is 21.0. The van der Waals surface area contributed by atoms with E-state index in [9.17, 15) is 9.35 Å². The number of aromatic nitrogens is 3. The summed E-state index contributed by atoms with van der Waals surface area (Å²) in [5.41, 5.74) is 2.13. The predicted molar refractivity (Wildman–Crippen MR) is 147 cm³/mol. The number of aryl methyl sites for hydroxylation is 1. The van der Waals surface area contributed by atoms with Crippen LogP contribution in [-0.4, -0.2) is 42.2 Å². The van der Waals surface area contributed by atoms with Crippen LogP contribution in [0.2, 0.25) is 10.0 Å². The van der Waals surface area contributed by atoms with Gasteiger partial charge < -0.3 is 14.0 Å². The molecule has 1 saturated heterocycles. The van der Waals surface area contributed by atoms with Crippen LogP contribution in [0.1, 0.15) is 45.1 Å². The highest BCUT2D eigenvalue weighted by atomic mass is 35.5. The Hall–Kier alpha value is -2.26. The minimum absolute atomic E-state index is 0.174. The van der Waals surface area contributed by atoms with Crippen molar-refractivity contribution in [3.05, 3.63) is 74.5 Å². The Kier molecular flexibility index (Phi) is 6.52. The van der Waals surface area contributed by atoms with Crippen molar-refractivity contribution < 1.29 is 4.55 Å². The summed E-state index contributed by atoms with van der Waals surface area (Å²) in [7, 11) is 0. The van der Waals surface area contributed by atoms with E-state index < -0.39 is 16.1 Å². The molecule has 3 aromatic rings. The quantitative estimate of drug-likeness (QED) is 0.423. The highest BCUT2D eigenvalue weighted by Crippen LogP contribution is 2.43. The molecular formula is C26H29Cl2N5O2S. The Morgan fingerprint density at radius 1 is 1.14 bits per heavy atom. The average molecular weight is 547 g/mol. The van der Waals surface area contributed by atoms with E-state index >= 15 is 0 Å². The maximum atomic E-state index is 13.1. The number of nitrogens with zero attached hydrogens (tertiary/aromatic N) is 5. The van der Waals surface area contributed by atoms with Gasteiger partial charge in [0.15, 0.2) is 0 Å². The molecule has 10 heteroatoms. The molecule has 0 radical (unpaired) electrons. The second kappa shape index (κ2) is 9.24. The third-order valence-corrected chi connectivity index (χ3v) is 9.24. The Labute approximate surface area is 224 Å². The zero-order valence-electron chi connectivity index (χ0n) is 20.8. The summed E-state index contributed by atoms with van der Waals surface area (Å²) in [5.74, 6) is 1.19. The van der Waals surface area contributed by atoms with E-state index in [-0.39, 0.29) is 11.0 Å². The standard InChI is InChI=1S/C26H29Cl2N5O2S/c1-17-29-21(15-22(34)33(17)19-8-5-7-18(27)23(19)28)31-13-10-26(11-14-31)16-32-12-6-9-20(32)24(26)30-36(35)25(2,3)4/h5-9,12,15H,10-11,13-14,16H2,1-4H3/b30-24+/t36-/m1/s1. The Balaban J connectivity index is 1.42. The fourth-order valence-corrected chi connectivity index (χ4v) is 6.17. The number of hydrogen-bond donors (Lipinski definition) is 0. The minimum atomic E-state index is -1.34. The van der Waals surface area contributed by atoms with Gasteiger partial charge in [-0.2, -0.15) is 0 Å². The molecule has 1 aromatic carbocycles. The van der Waals surface area contributed by atoms with Gasteiger partial charge in [0, 0.05) is 37.3 Å². The van der Waals surface area contributed by atoms with Crippen LogP contribution in [0.4, 0.5) is 5.82 Å². The van der Waals surface area contributed by atoms with Gasteiger partial charge in [-0.05, 0) is 64.8 Å². The lowest BCUT2D eigenvalue weighted by Crippen LogP contribution is -2.45. The van der Waals surface area contributed by atoms with Crippen molar-refractivity contribution in [3.63, 3.8) is 0 Å². The number of piperidine rings is 1. The molecule has 7 nitrogen and oxygen atoms in total. The molecule has 190 valence electrons. The van der Waals surface area contributed by atoms with Crippen molar-refractivity contribution in [2.24, 2.45) is 9.81 Å². The third kappa shape index (κ3) is 4.38. The predicted octanol–water partition coefficient (Wildman–Crippen LogP) is 5.20. The van der Waals surface area contributed by atoms with Crippen molar-refractivity contribution in [2.75, 3.05) is 18.0 Å². The lowest BCUT2D eigenvalue weighted by atomic mass is 9.75. The molecule has 0 amide bonds. The zero-order chi connectivity index (χ0) is 25.8. The first kappa shape index (κ1) is 25.4. The van der Waals surface area contributed by atoms with Crippen LogP contribution in [0.5, 0.6) is 0 Å². The molecular weight excluding hydrogens is 517 g/mol. The lowest BCUT2D eigenvalue weighted by molar-refractivity contribution is 0.297. The van der Waals surface area contributed by atoms with Crippen LogP contribution >= 0.6 is 23.2 Å². The molecule has 0 N–H and O–H groups in total. The average Bonchev–Trinajstić information content (AvgIpc) is 3.36. The van der Waals surface area contributed by atoms with Crippen LogP contribution in [0, 0.1) is 12.3 Å². The summed E-state index contributed by atoms with van der Waals surface area (Å²) in [6, 6.07) is 10.8. The van der Waals surface area contributed by atoms with Crippen molar-refractivity contribution in [2.45, 2.75) is 51.8 Å². The molecule has 0 bridgehead atoms. The monoisotopic (exact) mass is 545 g/mol.